The van der Waals surface area contributed by atoms with Gasteiger partial charge in [0.05, 0.1) is 0 Å². The lowest BCUT2D eigenvalue weighted by Crippen LogP contribution is -2.24. The number of ether oxygens (including phenoxy) is 1. The molecule has 0 heterocycles. The van der Waals surface area contributed by atoms with E-state index in [1.54, 1.807) is 0 Å². The third-order valence-electron chi connectivity index (χ3n) is 4.09. The maximum atomic E-state index is 12.8. The molecular weight excluding hydrogens is 346 g/mol. The van der Waals surface area contributed by atoms with Crippen LogP contribution >= 0.6 is 0 Å². The van der Waals surface area contributed by atoms with E-state index in [1.807, 2.05) is 60.7 Å². The Bertz CT molecular complexity index is 859. The first kappa shape index (κ1) is 18.4. The monoisotopic (exact) mass is 365 g/mol. The Balaban J connectivity index is 1.90. The van der Waals surface area contributed by atoms with E-state index in [0.29, 0.717) is 0 Å². The molecule has 4 N–H and O–H groups in total. The molecule has 0 bridgehead atoms. The van der Waals surface area contributed by atoms with Crippen LogP contribution in [0.3, 0.4) is 0 Å². The minimum atomic E-state index is -1.26. The molecule has 0 aliphatic rings. The minimum Gasteiger partial charge on any atom is -0.504 e. The summed E-state index contributed by atoms with van der Waals surface area (Å²) in [4.78, 5) is 17.6. The number of esters is 1. The van der Waals surface area contributed by atoms with Crippen molar-refractivity contribution in [1.29, 1.82) is 0 Å². The highest BCUT2D eigenvalue weighted by atomic mass is 16.7. The molecule has 0 fully saturated rings. The third-order valence-corrected chi connectivity index (χ3v) is 4.09. The quantitative estimate of drug-likeness (QED) is 0.352. The van der Waals surface area contributed by atoms with E-state index in [1.165, 1.54) is 18.2 Å². The molecule has 0 unspecified atom stereocenters. The van der Waals surface area contributed by atoms with Gasteiger partial charge in [-0.3, -0.25) is 4.84 Å². The molecular formula is C21H19NO5. The Morgan fingerprint density at radius 1 is 0.778 bits per heavy atom. The first-order chi connectivity index (χ1) is 13.1. The van der Waals surface area contributed by atoms with E-state index in [9.17, 15) is 15.0 Å². The summed E-state index contributed by atoms with van der Waals surface area (Å²) in [5.41, 5.74) is 1.85. The molecule has 3 aromatic rings. The van der Waals surface area contributed by atoms with Gasteiger partial charge in [0.15, 0.2) is 17.6 Å². The van der Waals surface area contributed by atoms with Gasteiger partial charge in [-0.05, 0) is 28.8 Å². The summed E-state index contributed by atoms with van der Waals surface area (Å²) in [6.07, 6.45) is -1.91. The molecule has 3 aromatic carbocycles. The molecule has 0 spiro atoms. The molecule has 0 amide bonds. The average Bonchev–Trinajstić information content (AvgIpc) is 2.70. The minimum absolute atomic E-state index is 0.262. The fourth-order valence-electron chi connectivity index (χ4n) is 2.74. The Morgan fingerprint density at radius 2 is 1.33 bits per heavy atom. The molecule has 1 atom stereocenters. The molecule has 0 saturated carbocycles. The summed E-state index contributed by atoms with van der Waals surface area (Å²) >= 11 is 0. The summed E-state index contributed by atoms with van der Waals surface area (Å²) in [5.74, 6) is 3.88. The summed E-state index contributed by atoms with van der Waals surface area (Å²) in [7, 11) is 0. The van der Waals surface area contributed by atoms with E-state index in [-0.39, 0.29) is 17.1 Å². The zero-order valence-corrected chi connectivity index (χ0v) is 14.4. The van der Waals surface area contributed by atoms with Gasteiger partial charge in [0.2, 0.25) is 6.10 Å². The number of rotatable bonds is 6. The van der Waals surface area contributed by atoms with Crippen molar-refractivity contribution in [3.8, 4) is 11.5 Å². The molecule has 0 aromatic heterocycles. The normalized spacial score (nSPS) is 11.9. The van der Waals surface area contributed by atoms with Crippen molar-refractivity contribution in [3.63, 3.8) is 0 Å². The first-order valence-electron chi connectivity index (χ1n) is 8.28. The number of phenolic OH excluding ortho intramolecular Hbond substituents is 2. The molecule has 27 heavy (non-hydrogen) atoms. The highest BCUT2D eigenvalue weighted by Crippen LogP contribution is 2.32. The van der Waals surface area contributed by atoms with Crippen LogP contribution in [0.5, 0.6) is 11.5 Å². The average molecular weight is 365 g/mol. The second-order valence-corrected chi connectivity index (χ2v) is 5.90. The van der Waals surface area contributed by atoms with E-state index >= 15 is 0 Å². The molecule has 0 aliphatic heterocycles. The number of nitrogens with two attached hydrogens (primary N) is 1. The van der Waals surface area contributed by atoms with Gasteiger partial charge in [0, 0.05) is 0 Å². The van der Waals surface area contributed by atoms with Crippen LogP contribution in [0.1, 0.15) is 28.9 Å². The topological polar surface area (TPSA) is 102 Å². The highest BCUT2D eigenvalue weighted by molar-refractivity contribution is 5.77. The Labute approximate surface area is 156 Å². The van der Waals surface area contributed by atoms with Crippen molar-refractivity contribution in [2.75, 3.05) is 0 Å². The van der Waals surface area contributed by atoms with Gasteiger partial charge < -0.3 is 14.9 Å². The van der Waals surface area contributed by atoms with E-state index in [2.05, 4.69) is 0 Å². The standard InChI is InChI=1S/C21H19NO5/c22-27-20(16-11-12-17(23)18(24)13-16)21(25)26-19(14-7-3-1-4-8-14)15-9-5-2-6-10-15/h1-13,19-20,23-24H,22H2/t20-/m1/s1. The molecule has 0 aliphatic carbocycles. The fraction of sp³-hybridized carbons (Fsp3) is 0.0952. The van der Waals surface area contributed by atoms with Gasteiger partial charge in [-0.15, -0.1) is 0 Å². The Kier molecular flexibility index (Phi) is 5.71. The van der Waals surface area contributed by atoms with Crippen molar-refractivity contribution < 1.29 is 24.6 Å². The predicted molar refractivity (Wildman–Crippen MR) is 98.6 cm³/mol. The van der Waals surface area contributed by atoms with Gasteiger partial charge in [0.25, 0.3) is 0 Å². The number of hydrogen-bond acceptors (Lipinski definition) is 6. The summed E-state index contributed by atoms with van der Waals surface area (Å²) in [6, 6.07) is 22.5. The van der Waals surface area contributed by atoms with Crippen LogP contribution in [-0.2, 0) is 14.4 Å². The van der Waals surface area contributed by atoms with Crippen molar-refractivity contribution in [2.24, 2.45) is 5.90 Å². The lowest BCUT2D eigenvalue weighted by atomic mass is 10.0. The van der Waals surface area contributed by atoms with Gasteiger partial charge in [0.1, 0.15) is 0 Å². The number of benzene rings is 3. The number of carbonyl (C=O) groups excluding carboxylic acids is 1. The second kappa shape index (κ2) is 8.35. The number of carbonyl (C=O) groups is 1. The summed E-state index contributed by atoms with van der Waals surface area (Å²) in [5, 5.41) is 19.1. The Hall–Kier alpha value is -3.35. The maximum Gasteiger partial charge on any atom is 0.343 e. The van der Waals surface area contributed by atoms with Gasteiger partial charge in [-0.25, -0.2) is 10.7 Å². The highest BCUT2D eigenvalue weighted by Gasteiger charge is 2.28. The summed E-state index contributed by atoms with van der Waals surface area (Å²) in [6.45, 7) is 0. The van der Waals surface area contributed by atoms with E-state index in [4.69, 9.17) is 15.5 Å². The lowest BCUT2D eigenvalue weighted by Gasteiger charge is -2.22. The van der Waals surface area contributed by atoms with E-state index < -0.39 is 18.2 Å². The van der Waals surface area contributed by atoms with Crippen molar-refractivity contribution in [1.82, 2.24) is 0 Å². The smallest absolute Gasteiger partial charge is 0.343 e. The molecule has 138 valence electrons. The number of hydrogen-bond donors (Lipinski definition) is 3. The Morgan fingerprint density at radius 3 is 1.81 bits per heavy atom. The molecule has 0 radical (unpaired) electrons. The van der Waals surface area contributed by atoms with Crippen molar-refractivity contribution in [2.45, 2.75) is 12.2 Å². The van der Waals surface area contributed by atoms with Crippen LogP contribution in [0.15, 0.2) is 78.9 Å². The van der Waals surface area contributed by atoms with Gasteiger partial charge in [-0.2, -0.15) is 0 Å². The van der Waals surface area contributed by atoms with Gasteiger partial charge in [-0.1, -0.05) is 66.7 Å². The fourth-order valence-corrected chi connectivity index (χ4v) is 2.74. The largest absolute Gasteiger partial charge is 0.504 e. The zero-order chi connectivity index (χ0) is 19.2. The molecule has 6 nitrogen and oxygen atoms in total. The number of aromatic hydroxyl groups is 2. The SMILES string of the molecule is NO[C@@H](C(=O)OC(c1ccccc1)c1ccccc1)c1ccc(O)c(O)c1. The molecule has 3 rings (SSSR count). The second-order valence-electron chi connectivity index (χ2n) is 5.90. The van der Waals surface area contributed by atoms with E-state index in [0.717, 1.165) is 11.1 Å². The third kappa shape index (κ3) is 4.25. The van der Waals surface area contributed by atoms with Crippen LogP contribution in [-0.4, -0.2) is 16.2 Å². The van der Waals surface area contributed by atoms with Crippen LogP contribution in [0.25, 0.3) is 0 Å². The lowest BCUT2D eigenvalue weighted by molar-refractivity contribution is -0.162. The number of phenols is 2. The summed E-state index contributed by atoms with van der Waals surface area (Å²) < 4.78 is 5.71. The first-order valence-corrected chi connectivity index (χ1v) is 8.28. The van der Waals surface area contributed by atoms with Crippen LogP contribution in [0.2, 0.25) is 0 Å². The molecule has 0 saturated heterocycles. The van der Waals surface area contributed by atoms with Crippen molar-refractivity contribution in [3.05, 3.63) is 95.6 Å². The van der Waals surface area contributed by atoms with Crippen LogP contribution < -0.4 is 5.90 Å². The van der Waals surface area contributed by atoms with Gasteiger partial charge >= 0.3 is 5.97 Å². The van der Waals surface area contributed by atoms with Crippen molar-refractivity contribution >= 4 is 5.97 Å². The zero-order valence-electron chi connectivity index (χ0n) is 14.4. The van der Waals surface area contributed by atoms with Crippen LogP contribution in [0.4, 0.5) is 0 Å². The predicted octanol–water partition coefficient (Wildman–Crippen LogP) is 3.36. The molecule has 6 heteroatoms. The van der Waals surface area contributed by atoms with Crippen LogP contribution in [0, 0.1) is 0 Å². The maximum absolute atomic E-state index is 12.8.